The summed E-state index contributed by atoms with van der Waals surface area (Å²) in [5.74, 6) is 1.23. The summed E-state index contributed by atoms with van der Waals surface area (Å²) in [7, 11) is 0. The van der Waals surface area contributed by atoms with E-state index in [4.69, 9.17) is 11.5 Å². The Morgan fingerprint density at radius 3 is 2.74 bits per heavy atom. The van der Waals surface area contributed by atoms with Crippen molar-refractivity contribution in [2.24, 2.45) is 16.5 Å². The van der Waals surface area contributed by atoms with Gasteiger partial charge in [0.2, 0.25) is 0 Å². The highest BCUT2D eigenvalue weighted by Gasteiger charge is 2.23. The van der Waals surface area contributed by atoms with Gasteiger partial charge in [0, 0.05) is 19.0 Å². The molecule has 1 fully saturated rings. The van der Waals surface area contributed by atoms with E-state index in [0.29, 0.717) is 12.6 Å². The van der Waals surface area contributed by atoms with E-state index in [1.54, 1.807) is 11.8 Å². The molecule has 4 N–H and O–H groups in total. The number of thioether (sulfide) groups is 1. The van der Waals surface area contributed by atoms with E-state index >= 15 is 0 Å². The predicted octanol–water partition coefficient (Wildman–Crippen LogP) is 1.32. The molecule has 1 aliphatic carbocycles. The van der Waals surface area contributed by atoms with Gasteiger partial charge in [0.1, 0.15) is 5.82 Å². The third-order valence-electron chi connectivity index (χ3n) is 3.46. The molecular formula is C12H22N6S. The van der Waals surface area contributed by atoms with Crippen molar-refractivity contribution in [3.63, 3.8) is 0 Å². The summed E-state index contributed by atoms with van der Waals surface area (Å²) >= 11 is 1.67. The van der Waals surface area contributed by atoms with Crippen molar-refractivity contribution < 1.29 is 0 Å². The fraction of sp³-hybridized carbons (Fsp3) is 0.750. The minimum atomic E-state index is 0.155. The summed E-state index contributed by atoms with van der Waals surface area (Å²) < 4.78 is 2.33. The highest BCUT2D eigenvalue weighted by molar-refractivity contribution is 7.98. The quantitative estimate of drug-likeness (QED) is 0.355. The van der Waals surface area contributed by atoms with Gasteiger partial charge in [0.25, 0.3) is 0 Å². The fourth-order valence-corrected chi connectivity index (χ4v) is 3.17. The van der Waals surface area contributed by atoms with Crippen molar-refractivity contribution in [3.05, 3.63) is 5.82 Å². The van der Waals surface area contributed by atoms with E-state index in [0.717, 1.165) is 23.8 Å². The van der Waals surface area contributed by atoms with Gasteiger partial charge >= 0.3 is 0 Å². The van der Waals surface area contributed by atoms with Gasteiger partial charge in [-0.25, -0.2) is 0 Å². The third kappa shape index (κ3) is 3.62. The van der Waals surface area contributed by atoms with Crippen molar-refractivity contribution in [2.75, 3.05) is 12.8 Å². The first-order valence-electron chi connectivity index (χ1n) is 6.75. The van der Waals surface area contributed by atoms with Crippen LogP contribution in [0.5, 0.6) is 0 Å². The van der Waals surface area contributed by atoms with E-state index in [1.165, 1.54) is 25.7 Å². The lowest BCUT2D eigenvalue weighted by molar-refractivity contribution is 0.461. The van der Waals surface area contributed by atoms with E-state index < -0.39 is 0 Å². The van der Waals surface area contributed by atoms with E-state index in [-0.39, 0.29) is 5.96 Å². The smallest absolute Gasteiger partial charge is 0.191 e. The average Bonchev–Trinajstić information content (AvgIpc) is 3.02. The molecule has 0 spiro atoms. The summed E-state index contributed by atoms with van der Waals surface area (Å²) in [6.45, 7) is 0.647. The van der Waals surface area contributed by atoms with Gasteiger partial charge in [-0.2, -0.15) is 0 Å². The molecule has 7 heteroatoms. The first-order chi connectivity index (χ1) is 9.22. The molecule has 1 aromatic heterocycles. The number of aromatic nitrogens is 3. The van der Waals surface area contributed by atoms with Crippen LogP contribution in [0.1, 0.15) is 44.0 Å². The Labute approximate surface area is 118 Å². The molecule has 0 aliphatic heterocycles. The van der Waals surface area contributed by atoms with Crippen molar-refractivity contribution >= 4 is 17.7 Å². The topological polar surface area (TPSA) is 95.1 Å². The largest absolute Gasteiger partial charge is 0.370 e. The lowest BCUT2D eigenvalue weighted by Gasteiger charge is -2.15. The van der Waals surface area contributed by atoms with Crippen molar-refractivity contribution in [1.82, 2.24) is 14.8 Å². The molecular weight excluding hydrogens is 260 g/mol. The number of nitrogens with two attached hydrogens (primary N) is 2. The lowest BCUT2D eigenvalue weighted by Crippen LogP contribution is -2.23. The van der Waals surface area contributed by atoms with Crippen LogP contribution >= 0.6 is 11.8 Å². The second-order valence-electron chi connectivity index (χ2n) is 4.82. The zero-order valence-electron chi connectivity index (χ0n) is 11.4. The van der Waals surface area contributed by atoms with Crippen LogP contribution in [0.3, 0.4) is 0 Å². The van der Waals surface area contributed by atoms with Crippen molar-refractivity contribution in [3.8, 4) is 0 Å². The van der Waals surface area contributed by atoms with Crippen LogP contribution in [0.15, 0.2) is 10.1 Å². The van der Waals surface area contributed by atoms with Crippen LogP contribution in [-0.4, -0.2) is 33.5 Å². The number of nitrogens with zero attached hydrogens (tertiary/aromatic N) is 4. The predicted molar refractivity (Wildman–Crippen MR) is 78.3 cm³/mol. The first kappa shape index (κ1) is 14.2. The minimum absolute atomic E-state index is 0.155. The summed E-state index contributed by atoms with van der Waals surface area (Å²) in [6.07, 6.45) is 8.93. The average molecular weight is 282 g/mol. The van der Waals surface area contributed by atoms with Crippen molar-refractivity contribution in [1.29, 1.82) is 0 Å². The van der Waals surface area contributed by atoms with Gasteiger partial charge in [-0.05, 0) is 25.5 Å². The van der Waals surface area contributed by atoms with Gasteiger partial charge in [-0.15, -0.1) is 10.2 Å². The molecule has 6 nitrogen and oxygen atoms in total. The first-order valence-corrected chi connectivity index (χ1v) is 7.98. The second kappa shape index (κ2) is 6.79. The molecule has 1 aliphatic rings. The molecule has 1 aromatic rings. The number of hydrogen-bond acceptors (Lipinski definition) is 4. The number of hydrogen-bond donors (Lipinski definition) is 2. The van der Waals surface area contributed by atoms with E-state index in [1.807, 2.05) is 0 Å². The van der Waals surface area contributed by atoms with Gasteiger partial charge in [0.05, 0.1) is 0 Å². The molecule has 2 rings (SSSR count). The van der Waals surface area contributed by atoms with Crippen LogP contribution in [0.25, 0.3) is 0 Å². The SMILES string of the molecule is CSc1nnc(CCCN=C(N)N)n1C1CCCC1. The number of guanidine groups is 1. The Morgan fingerprint density at radius 2 is 2.11 bits per heavy atom. The molecule has 0 bridgehead atoms. The highest BCUT2D eigenvalue weighted by Crippen LogP contribution is 2.33. The standard InChI is InChI=1S/C12H22N6S/c1-19-12-17-16-10(7-4-8-15-11(13)14)18(12)9-5-2-3-6-9/h9H,2-8H2,1H3,(H4,13,14,15). The zero-order chi connectivity index (χ0) is 13.7. The monoisotopic (exact) mass is 282 g/mol. The zero-order valence-corrected chi connectivity index (χ0v) is 12.2. The molecule has 0 radical (unpaired) electrons. The maximum atomic E-state index is 5.32. The highest BCUT2D eigenvalue weighted by atomic mass is 32.2. The Hall–Kier alpha value is -1.24. The molecule has 0 saturated heterocycles. The number of aryl methyl sites for hydroxylation is 1. The van der Waals surface area contributed by atoms with Crippen LogP contribution in [0.4, 0.5) is 0 Å². The number of aliphatic imine (C=N–C) groups is 1. The maximum Gasteiger partial charge on any atom is 0.191 e. The molecule has 1 heterocycles. The minimum Gasteiger partial charge on any atom is -0.370 e. The molecule has 0 aromatic carbocycles. The molecule has 19 heavy (non-hydrogen) atoms. The summed E-state index contributed by atoms with van der Waals surface area (Å²) in [4.78, 5) is 4.00. The van der Waals surface area contributed by atoms with Crippen LogP contribution < -0.4 is 11.5 Å². The van der Waals surface area contributed by atoms with E-state index in [2.05, 4.69) is 26.0 Å². The van der Waals surface area contributed by atoms with Gasteiger partial charge in [0.15, 0.2) is 11.1 Å². The van der Waals surface area contributed by atoms with Gasteiger partial charge < -0.3 is 16.0 Å². The fourth-order valence-electron chi connectivity index (χ4n) is 2.59. The summed E-state index contributed by atoms with van der Waals surface area (Å²) in [6, 6.07) is 0.579. The Morgan fingerprint density at radius 1 is 1.37 bits per heavy atom. The second-order valence-corrected chi connectivity index (χ2v) is 5.59. The normalized spacial score (nSPS) is 15.8. The maximum absolute atomic E-state index is 5.32. The molecule has 0 amide bonds. The summed E-state index contributed by atoms with van der Waals surface area (Å²) in [5, 5.41) is 9.64. The Kier molecular flexibility index (Phi) is 5.07. The lowest BCUT2D eigenvalue weighted by atomic mass is 10.2. The van der Waals surface area contributed by atoms with Crippen LogP contribution in [0, 0.1) is 0 Å². The van der Waals surface area contributed by atoms with Gasteiger partial charge in [-0.1, -0.05) is 24.6 Å². The van der Waals surface area contributed by atoms with E-state index in [9.17, 15) is 0 Å². The molecule has 106 valence electrons. The Bertz CT molecular complexity index is 431. The molecule has 1 saturated carbocycles. The number of rotatable bonds is 6. The van der Waals surface area contributed by atoms with Crippen molar-refractivity contribution in [2.45, 2.75) is 49.7 Å². The molecule has 0 atom stereocenters. The van der Waals surface area contributed by atoms with Crippen LogP contribution in [0.2, 0.25) is 0 Å². The third-order valence-corrected chi connectivity index (χ3v) is 4.10. The Balaban J connectivity index is 2.03. The van der Waals surface area contributed by atoms with Gasteiger partial charge in [-0.3, -0.25) is 4.99 Å². The summed E-state index contributed by atoms with van der Waals surface area (Å²) in [5.41, 5.74) is 10.6. The van der Waals surface area contributed by atoms with Crippen LogP contribution in [-0.2, 0) is 6.42 Å². The molecule has 0 unspecified atom stereocenters.